The summed E-state index contributed by atoms with van der Waals surface area (Å²) in [6.45, 7) is 2.26. The molecule has 0 atom stereocenters. The monoisotopic (exact) mass is 232 g/mol. The van der Waals surface area contributed by atoms with Gasteiger partial charge < -0.3 is 0 Å². The Hall–Kier alpha value is 0.0795. The predicted molar refractivity (Wildman–Crippen MR) is 57.4 cm³/mol. The van der Waals surface area contributed by atoms with Crippen LogP contribution in [-0.4, -0.2) is 15.0 Å². The van der Waals surface area contributed by atoms with Gasteiger partial charge in [-0.05, 0) is 0 Å². The van der Waals surface area contributed by atoms with E-state index in [0.717, 1.165) is 6.42 Å². The van der Waals surface area contributed by atoms with Crippen molar-refractivity contribution in [3.8, 4) is 10.7 Å². The fourth-order valence-electron chi connectivity index (χ4n) is 1.12. The molecule has 0 aliphatic heterocycles. The van der Waals surface area contributed by atoms with Crippen LogP contribution in [0.4, 0.5) is 0 Å². The van der Waals surface area contributed by atoms with Crippen LogP contribution in [0.2, 0.25) is 5.82 Å². The molecule has 0 aromatic heterocycles. The van der Waals surface area contributed by atoms with Crippen LogP contribution in [0.1, 0.15) is 51.9 Å². The van der Waals surface area contributed by atoms with Crippen LogP contribution in [-0.2, 0) is 0 Å². The average molecular weight is 231 g/mol. The van der Waals surface area contributed by atoms with Crippen molar-refractivity contribution in [3.63, 3.8) is 0 Å². The average Bonchev–Trinajstić information content (AvgIpc) is 2.10. The van der Waals surface area contributed by atoms with Crippen molar-refractivity contribution in [1.29, 1.82) is 0 Å². The molecule has 0 unspecified atom stereocenters. The van der Waals surface area contributed by atoms with Crippen LogP contribution in [0.5, 0.6) is 0 Å². The van der Waals surface area contributed by atoms with Crippen molar-refractivity contribution in [2.45, 2.75) is 57.7 Å². The Morgan fingerprint density at radius 2 is 1.67 bits per heavy atom. The summed E-state index contributed by atoms with van der Waals surface area (Å²) in [4.78, 5) is 3.16. The number of hydrogen-bond acceptors (Lipinski definition) is 0. The molecule has 0 saturated carbocycles. The molecule has 0 aromatic rings. The second kappa shape index (κ2) is 11.1. The molecule has 0 fully saturated rings. The van der Waals surface area contributed by atoms with E-state index in [9.17, 15) is 0 Å². The third-order valence-corrected chi connectivity index (χ3v) is 2.56. The minimum atomic E-state index is 0.558. The van der Waals surface area contributed by atoms with E-state index in [1.54, 1.807) is 0 Å². The zero-order valence-corrected chi connectivity index (χ0v) is 10.1. The van der Waals surface area contributed by atoms with Crippen molar-refractivity contribution < 1.29 is 0 Å². The number of rotatable bonds is 6. The molecule has 12 heavy (non-hydrogen) atoms. The first-order valence-electron chi connectivity index (χ1n) is 4.92. The van der Waals surface area contributed by atoms with Gasteiger partial charge in [-0.15, -0.1) is 0 Å². The zero-order valence-electron chi connectivity index (χ0n) is 8.36. The molecular weight excluding hydrogens is 211 g/mol. The van der Waals surface area contributed by atoms with E-state index in [1.165, 1.54) is 38.5 Å². The maximum atomic E-state index is 3.20. The quantitative estimate of drug-likeness (QED) is 0.373. The van der Waals surface area contributed by atoms with Gasteiger partial charge >= 0.3 is 83.4 Å². The second-order valence-electron chi connectivity index (χ2n) is 3.00. The van der Waals surface area contributed by atoms with E-state index in [2.05, 4.69) is 23.5 Å². The van der Waals surface area contributed by atoms with Gasteiger partial charge in [0.15, 0.2) is 0 Å². The third kappa shape index (κ3) is 10.1. The second-order valence-corrected chi connectivity index (χ2v) is 4.29. The minimum absolute atomic E-state index is 0.558. The Balaban J connectivity index is 2.91. The van der Waals surface area contributed by atoms with Crippen LogP contribution in [0.25, 0.3) is 0 Å². The molecule has 0 aliphatic carbocycles. The first-order valence-corrected chi connectivity index (χ1v) is 7.49. The normalized spacial score (nSPS) is 9.17. The maximum absolute atomic E-state index is 3.20. The van der Waals surface area contributed by atoms with Gasteiger partial charge in [0, 0.05) is 0 Å². The van der Waals surface area contributed by atoms with Gasteiger partial charge in [0.2, 0.25) is 0 Å². The molecule has 0 aliphatic rings. The Bertz CT molecular complexity index is 130. The van der Waals surface area contributed by atoms with E-state index in [4.69, 9.17) is 0 Å². The van der Waals surface area contributed by atoms with Crippen LogP contribution in [0.15, 0.2) is 0 Å². The molecule has 1 heteroatoms. The molecule has 0 nitrogen and oxygen atoms in total. The van der Waals surface area contributed by atoms with Gasteiger partial charge in [-0.1, -0.05) is 0 Å². The summed E-state index contributed by atoms with van der Waals surface area (Å²) in [7, 11) is 0. The SMILES string of the molecule is CCCCCCCCC#C[Se]C. The van der Waals surface area contributed by atoms with Crippen molar-refractivity contribution >= 4 is 15.0 Å². The van der Waals surface area contributed by atoms with Crippen LogP contribution in [0, 0.1) is 10.7 Å². The van der Waals surface area contributed by atoms with E-state index >= 15 is 0 Å². The summed E-state index contributed by atoms with van der Waals surface area (Å²) >= 11 is 0.558. The Morgan fingerprint density at radius 1 is 1.00 bits per heavy atom. The summed E-state index contributed by atoms with van der Waals surface area (Å²) in [5.41, 5.74) is 0. The molecule has 0 radical (unpaired) electrons. The van der Waals surface area contributed by atoms with Crippen molar-refractivity contribution in [3.05, 3.63) is 0 Å². The van der Waals surface area contributed by atoms with E-state index in [-0.39, 0.29) is 0 Å². The molecule has 0 saturated heterocycles. The molecule has 0 N–H and O–H groups in total. The Labute approximate surface area is 83.7 Å². The topological polar surface area (TPSA) is 0 Å². The standard InChI is InChI=1S/C11H20Se/c1-3-4-5-6-7-8-9-10-11-12-2/h3-9H2,1-2H3. The molecule has 0 aromatic carbocycles. The van der Waals surface area contributed by atoms with Gasteiger partial charge in [-0.2, -0.15) is 0 Å². The molecule has 0 bridgehead atoms. The Kier molecular flexibility index (Phi) is 11.2. The summed E-state index contributed by atoms with van der Waals surface area (Å²) in [5, 5.41) is 0. The molecule has 0 heterocycles. The summed E-state index contributed by atoms with van der Waals surface area (Å²) in [6.07, 6.45) is 9.40. The first-order chi connectivity index (χ1) is 5.91. The van der Waals surface area contributed by atoms with E-state index in [1.807, 2.05) is 0 Å². The predicted octanol–water partition coefficient (Wildman–Crippen LogP) is 3.45. The third-order valence-electron chi connectivity index (χ3n) is 1.83. The molecule has 0 spiro atoms. The van der Waals surface area contributed by atoms with Gasteiger partial charge in [-0.3, -0.25) is 0 Å². The van der Waals surface area contributed by atoms with Gasteiger partial charge in [0.05, 0.1) is 0 Å². The van der Waals surface area contributed by atoms with Crippen LogP contribution >= 0.6 is 0 Å². The van der Waals surface area contributed by atoms with E-state index < -0.39 is 0 Å². The van der Waals surface area contributed by atoms with Crippen molar-refractivity contribution in [2.24, 2.45) is 0 Å². The number of unbranched alkanes of at least 4 members (excludes halogenated alkanes) is 6. The van der Waals surface area contributed by atoms with E-state index in [0.29, 0.717) is 15.0 Å². The molecular formula is C11H20Se. The van der Waals surface area contributed by atoms with Gasteiger partial charge in [0.1, 0.15) is 0 Å². The first kappa shape index (κ1) is 12.1. The molecule has 0 rings (SSSR count). The van der Waals surface area contributed by atoms with Crippen molar-refractivity contribution in [1.82, 2.24) is 0 Å². The van der Waals surface area contributed by atoms with Crippen LogP contribution < -0.4 is 0 Å². The number of hydrogen-bond donors (Lipinski definition) is 0. The summed E-state index contributed by atoms with van der Waals surface area (Å²) < 4.78 is 0. The van der Waals surface area contributed by atoms with Gasteiger partial charge in [-0.25, -0.2) is 0 Å². The fourth-order valence-corrected chi connectivity index (χ4v) is 1.63. The zero-order chi connectivity index (χ0) is 9.07. The summed E-state index contributed by atoms with van der Waals surface area (Å²) in [5.74, 6) is 5.37. The fraction of sp³-hybridized carbons (Fsp3) is 0.818. The Morgan fingerprint density at radius 3 is 2.33 bits per heavy atom. The molecule has 70 valence electrons. The van der Waals surface area contributed by atoms with Crippen LogP contribution in [0.3, 0.4) is 0 Å². The summed E-state index contributed by atoms with van der Waals surface area (Å²) in [6, 6.07) is 0. The molecule has 0 amide bonds. The van der Waals surface area contributed by atoms with Crippen molar-refractivity contribution in [2.75, 3.05) is 0 Å². The van der Waals surface area contributed by atoms with Gasteiger partial charge in [0.25, 0.3) is 0 Å².